The predicted molar refractivity (Wildman–Crippen MR) is 85.9 cm³/mol. The van der Waals surface area contributed by atoms with Gasteiger partial charge in [-0.15, -0.1) is 0 Å². The Hall–Kier alpha value is -1.85. The van der Waals surface area contributed by atoms with Gasteiger partial charge in [-0.3, -0.25) is 0 Å². The van der Waals surface area contributed by atoms with Gasteiger partial charge in [0.1, 0.15) is 17.2 Å². The van der Waals surface area contributed by atoms with Gasteiger partial charge in [0.25, 0.3) is 0 Å². The molecule has 22 heavy (non-hydrogen) atoms. The van der Waals surface area contributed by atoms with Gasteiger partial charge < -0.3 is 15.0 Å². The number of alkyl carbamates (subject to hydrolysis) is 1. The number of anilines is 1. The summed E-state index contributed by atoms with van der Waals surface area (Å²) in [7, 11) is 2.02. The Kier molecular flexibility index (Phi) is 4.88. The largest absolute Gasteiger partial charge is 0.444 e. The van der Waals surface area contributed by atoms with Gasteiger partial charge in [0.2, 0.25) is 0 Å². The van der Waals surface area contributed by atoms with Crippen molar-refractivity contribution >= 4 is 11.9 Å². The number of ether oxygens (including phenoxy) is 1. The van der Waals surface area contributed by atoms with Crippen molar-refractivity contribution in [2.45, 2.75) is 52.2 Å². The number of hydrogen-bond donors (Lipinski definition) is 1. The number of nitrogens with one attached hydrogen (secondary N) is 1. The molecule has 0 bridgehead atoms. The molecule has 1 saturated carbocycles. The molecule has 1 N–H and O–H groups in total. The lowest BCUT2D eigenvalue weighted by Crippen LogP contribution is -2.45. The molecular weight excluding hydrogens is 280 g/mol. The zero-order chi connectivity index (χ0) is 16.3. The number of hydrogen-bond acceptors (Lipinski definition) is 5. The summed E-state index contributed by atoms with van der Waals surface area (Å²) in [6.45, 7) is 8.02. The maximum Gasteiger partial charge on any atom is 0.407 e. The fourth-order valence-electron chi connectivity index (χ4n) is 2.41. The van der Waals surface area contributed by atoms with Crippen molar-refractivity contribution in [3.8, 4) is 0 Å². The SMILES string of the molecule is Cc1nccc(N(C)[C@@H](CNC(=O)OC(C)(C)C)C2CC2)n1. The van der Waals surface area contributed by atoms with Crippen molar-refractivity contribution in [3.63, 3.8) is 0 Å². The van der Waals surface area contributed by atoms with E-state index >= 15 is 0 Å². The molecule has 6 nitrogen and oxygen atoms in total. The van der Waals surface area contributed by atoms with Crippen LogP contribution in [0.2, 0.25) is 0 Å². The van der Waals surface area contributed by atoms with E-state index < -0.39 is 5.60 Å². The topological polar surface area (TPSA) is 67.4 Å². The highest BCUT2D eigenvalue weighted by Crippen LogP contribution is 2.35. The molecule has 0 aliphatic heterocycles. The van der Waals surface area contributed by atoms with E-state index in [0.717, 1.165) is 11.6 Å². The molecule has 0 unspecified atom stereocenters. The van der Waals surface area contributed by atoms with Gasteiger partial charge in [0.05, 0.1) is 6.04 Å². The van der Waals surface area contributed by atoms with Gasteiger partial charge in [-0.05, 0) is 52.5 Å². The molecule has 0 spiro atoms. The second-order valence-corrected chi connectivity index (χ2v) is 6.86. The fourth-order valence-corrected chi connectivity index (χ4v) is 2.41. The molecule has 1 fully saturated rings. The smallest absolute Gasteiger partial charge is 0.407 e. The first-order valence-electron chi connectivity index (χ1n) is 7.75. The van der Waals surface area contributed by atoms with E-state index in [1.165, 1.54) is 12.8 Å². The van der Waals surface area contributed by atoms with Crippen molar-refractivity contribution in [1.82, 2.24) is 15.3 Å². The summed E-state index contributed by atoms with van der Waals surface area (Å²) < 4.78 is 5.30. The Morgan fingerprint density at radius 2 is 2.18 bits per heavy atom. The average Bonchev–Trinajstić information content (AvgIpc) is 3.21. The average molecular weight is 306 g/mol. The van der Waals surface area contributed by atoms with Gasteiger partial charge in [0.15, 0.2) is 0 Å². The number of amides is 1. The summed E-state index contributed by atoms with van der Waals surface area (Å²) in [5.74, 6) is 2.23. The molecule has 2 rings (SSSR count). The number of carbonyl (C=O) groups excluding carboxylic acids is 1. The van der Waals surface area contributed by atoms with Gasteiger partial charge >= 0.3 is 6.09 Å². The molecule has 1 amide bonds. The summed E-state index contributed by atoms with van der Waals surface area (Å²) in [6.07, 6.45) is 3.77. The molecule has 1 aromatic rings. The van der Waals surface area contributed by atoms with Gasteiger partial charge in [-0.1, -0.05) is 0 Å². The van der Waals surface area contributed by atoms with E-state index in [4.69, 9.17) is 4.74 Å². The number of carbonyl (C=O) groups is 1. The summed E-state index contributed by atoms with van der Waals surface area (Å²) in [5, 5.41) is 2.88. The molecule has 0 aromatic carbocycles. The van der Waals surface area contributed by atoms with Gasteiger partial charge in [-0.2, -0.15) is 0 Å². The van der Waals surface area contributed by atoms with Crippen LogP contribution >= 0.6 is 0 Å². The maximum atomic E-state index is 11.8. The third-order valence-electron chi connectivity index (χ3n) is 3.64. The predicted octanol–water partition coefficient (Wildman–Crippen LogP) is 2.52. The molecule has 1 heterocycles. The van der Waals surface area contributed by atoms with E-state index in [9.17, 15) is 4.79 Å². The van der Waals surface area contributed by atoms with Gasteiger partial charge in [-0.25, -0.2) is 14.8 Å². The Morgan fingerprint density at radius 1 is 1.50 bits per heavy atom. The maximum absolute atomic E-state index is 11.8. The van der Waals surface area contributed by atoms with Crippen LogP contribution in [0, 0.1) is 12.8 Å². The summed E-state index contributed by atoms with van der Waals surface area (Å²) in [4.78, 5) is 22.6. The second-order valence-electron chi connectivity index (χ2n) is 6.86. The minimum absolute atomic E-state index is 0.224. The van der Waals surface area contributed by atoms with Crippen molar-refractivity contribution in [3.05, 3.63) is 18.1 Å². The second kappa shape index (κ2) is 6.50. The molecule has 1 aromatic heterocycles. The first-order valence-corrected chi connectivity index (χ1v) is 7.75. The quantitative estimate of drug-likeness (QED) is 0.905. The fraction of sp³-hybridized carbons (Fsp3) is 0.688. The minimum Gasteiger partial charge on any atom is -0.444 e. The van der Waals surface area contributed by atoms with Crippen LogP contribution in [-0.2, 0) is 4.74 Å². The number of nitrogens with zero attached hydrogens (tertiary/aromatic N) is 3. The van der Waals surface area contributed by atoms with Crippen LogP contribution in [0.3, 0.4) is 0 Å². The van der Waals surface area contributed by atoms with Crippen molar-refractivity contribution < 1.29 is 9.53 Å². The highest BCUT2D eigenvalue weighted by molar-refractivity contribution is 5.67. The third kappa shape index (κ3) is 4.86. The lowest BCUT2D eigenvalue weighted by molar-refractivity contribution is 0.0523. The van der Waals surface area contributed by atoms with Crippen LogP contribution in [0.5, 0.6) is 0 Å². The monoisotopic (exact) mass is 306 g/mol. The standard InChI is InChI=1S/C16H26N4O2/c1-11-17-9-8-14(19-11)20(5)13(12-6-7-12)10-18-15(21)22-16(2,3)4/h8-9,12-13H,6-7,10H2,1-5H3,(H,18,21)/t13-/m0/s1. The zero-order valence-corrected chi connectivity index (χ0v) is 14.1. The van der Waals surface area contributed by atoms with Crippen molar-refractivity contribution in [1.29, 1.82) is 0 Å². The lowest BCUT2D eigenvalue weighted by atomic mass is 10.1. The number of likely N-dealkylation sites (N-methyl/N-ethyl adjacent to an activating group) is 1. The number of aromatic nitrogens is 2. The Morgan fingerprint density at radius 3 is 2.73 bits per heavy atom. The molecular formula is C16H26N4O2. The van der Waals surface area contributed by atoms with Crippen molar-refractivity contribution in [2.24, 2.45) is 5.92 Å². The third-order valence-corrected chi connectivity index (χ3v) is 3.64. The molecule has 6 heteroatoms. The van der Waals surface area contributed by atoms with Crippen LogP contribution in [0.25, 0.3) is 0 Å². The molecule has 1 atom stereocenters. The van der Waals surface area contributed by atoms with E-state index in [0.29, 0.717) is 12.5 Å². The zero-order valence-electron chi connectivity index (χ0n) is 14.1. The minimum atomic E-state index is -0.477. The lowest BCUT2D eigenvalue weighted by Gasteiger charge is -2.30. The van der Waals surface area contributed by atoms with E-state index in [1.807, 2.05) is 40.8 Å². The van der Waals surface area contributed by atoms with E-state index in [2.05, 4.69) is 20.2 Å². The van der Waals surface area contributed by atoms with Gasteiger partial charge in [0, 0.05) is 19.8 Å². The highest BCUT2D eigenvalue weighted by Gasteiger charge is 2.35. The summed E-state index contributed by atoms with van der Waals surface area (Å²) in [5.41, 5.74) is -0.477. The van der Waals surface area contributed by atoms with Crippen LogP contribution in [-0.4, -0.2) is 41.3 Å². The number of rotatable bonds is 5. The van der Waals surface area contributed by atoms with Crippen LogP contribution in [0.4, 0.5) is 10.6 Å². The molecule has 122 valence electrons. The van der Waals surface area contributed by atoms with E-state index in [-0.39, 0.29) is 12.1 Å². The van der Waals surface area contributed by atoms with Crippen molar-refractivity contribution in [2.75, 3.05) is 18.5 Å². The first-order chi connectivity index (χ1) is 10.3. The molecule has 1 aliphatic carbocycles. The molecule has 0 saturated heterocycles. The number of aryl methyl sites for hydroxylation is 1. The Balaban J connectivity index is 1.97. The van der Waals surface area contributed by atoms with Crippen LogP contribution in [0.1, 0.15) is 39.4 Å². The molecule has 0 radical (unpaired) electrons. The summed E-state index contributed by atoms with van der Waals surface area (Å²) in [6, 6.07) is 2.12. The van der Waals surface area contributed by atoms with Crippen LogP contribution in [0.15, 0.2) is 12.3 Å². The van der Waals surface area contributed by atoms with Crippen LogP contribution < -0.4 is 10.2 Å². The van der Waals surface area contributed by atoms with E-state index in [1.54, 1.807) is 6.20 Å². The Labute approximate surface area is 132 Å². The first kappa shape index (κ1) is 16.5. The normalized spacial score (nSPS) is 16.0. The molecule has 1 aliphatic rings. The Bertz CT molecular complexity index is 523. The summed E-state index contributed by atoms with van der Waals surface area (Å²) >= 11 is 0. The highest BCUT2D eigenvalue weighted by atomic mass is 16.6.